The summed E-state index contributed by atoms with van der Waals surface area (Å²) in [5.74, 6) is 0.698. The van der Waals surface area contributed by atoms with Gasteiger partial charge in [0.25, 0.3) is 5.91 Å². The van der Waals surface area contributed by atoms with Gasteiger partial charge in [-0.25, -0.2) is 0 Å². The summed E-state index contributed by atoms with van der Waals surface area (Å²) >= 11 is 0. The number of carbonyl (C=O) groups is 1. The molecule has 0 aliphatic carbocycles. The van der Waals surface area contributed by atoms with Crippen LogP contribution in [0.5, 0.6) is 5.75 Å². The van der Waals surface area contributed by atoms with E-state index in [-0.39, 0.29) is 11.7 Å². The highest BCUT2D eigenvalue weighted by Gasteiger charge is 2.36. The molecule has 4 nitrogen and oxygen atoms in total. The average Bonchev–Trinajstić information content (AvgIpc) is 2.99. The van der Waals surface area contributed by atoms with Crippen LogP contribution in [0.15, 0.2) is 18.2 Å². The molecule has 0 spiro atoms. The summed E-state index contributed by atoms with van der Waals surface area (Å²) in [6, 6.07) is 5.60. The van der Waals surface area contributed by atoms with E-state index in [4.69, 9.17) is 0 Å². The number of aryl methyl sites for hydroxylation is 1. The summed E-state index contributed by atoms with van der Waals surface area (Å²) in [6.07, 6.45) is 4.47. The fraction of sp³-hybridized carbons (Fsp3) is 0.588. The molecule has 1 amide bonds. The second-order valence-corrected chi connectivity index (χ2v) is 6.32. The van der Waals surface area contributed by atoms with Crippen LogP contribution in [0, 0.1) is 12.8 Å². The van der Waals surface area contributed by atoms with E-state index in [0.29, 0.717) is 17.5 Å². The normalized spacial score (nSPS) is 23.5. The van der Waals surface area contributed by atoms with E-state index >= 15 is 0 Å². The quantitative estimate of drug-likeness (QED) is 0.878. The SMILES string of the molecule is Cc1ccc(O)c(C(=O)N2CCCC2C2CCNCC2)c1. The van der Waals surface area contributed by atoms with Crippen molar-refractivity contribution >= 4 is 5.91 Å². The minimum absolute atomic E-state index is 0.00256. The van der Waals surface area contributed by atoms with E-state index in [1.165, 1.54) is 0 Å². The molecule has 1 aromatic carbocycles. The zero-order valence-electron chi connectivity index (χ0n) is 12.6. The van der Waals surface area contributed by atoms with Crippen LogP contribution in [0.3, 0.4) is 0 Å². The van der Waals surface area contributed by atoms with Gasteiger partial charge in [-0.2, -0.15) is 0 Å². The molecule has 2 aliphatic rings. The number of rotatable bonds is 2. The number of likely N-dealkylation sites (tertiary alicyclic amines) is 1. The fourth-order valence-electron chi connectivity index (χ4n) is 3.74. The molecule has 2 heterocycles. The van der Waals surface area contributed by atoms with Crippen molar-refractivity contribution in [3.05, 3.63) is 29.3 Å². The van der Waals surface area contributed by atoms with Gasteiger partial charge in [0.2, 0.25) is 0 Å². The standard InChI is InChI=1S/C17H24N2O2/c1-12-4-5-16(20)14(11-12)17(21)19-10-2-3-15(19)13-6-8-18-9-7-13/h4-5,11,13,15,18,20H,2-3,6-10H2,1H3. The van der Waals surface area contributed by atoms with Gasteiger partial charge in [-0.15, -0.1) is 0 Å². The molecule has 0 bridgehead atoms. The molecule has 4 heteroatoms. The van der Waals surface area contributed by atoms with Crippen molar-refractivity contribution in [2.75, 3.05) is 19.6 Å². The number of aromatic hydroxyl groups is 1. The molecule has 2 fully saturated rings. The molecule has 3 rings (SSSR count). The Balaban J connectivity index is 1.80. The van der Waals surface area contributed by atoms with Crippen LogP contribution in [0.1, 0.15) is 41.6 Å². The van der Waals surface area contributed by atoms with Gasteiger partial charge in [-0.05, 0) is 63.7 Å². The maximum Gasteiger partial charge on any atom is 0.257 e. The predicted octanol–water partition coefficient (Wildman–Crippen LogP) is 2.30. The van der Waals surface area contributed by atoms with Crippen LogP contribution in [0.2, 0.25) is 0 Å². The number of amides is 1. The maximum atomic E-state index is 12.8. The number of hydrogen-bond acceptors (Lipinski definition) is 3. The second kappa shape index (κ2) is 6.06. The zero-order chi connectivity index (χ0) is 14.8. The van der Waals surface area contributed by atoms with Crippen LogP contribution < -0.4 is 5.32 Å². The van der Waals surface area contributed by atoms with Crippen molar-refractivity contribution in [2.24, 2.45) is 5.92 Å². The molecule has 1 unspecified atom stereocenters. The lowest BCUT2D eigenvalue weighted by atomic mass is 9.88. The number of phenols is 1. The van der Waals surface area contributed by atoms with Gasteiger partial charge < -0.3 is 15.3 Å². The summed E-state index contributed by atoms with van der Waals surface area (Å²) in [6.45, 7) is 4.88. The first-order valence-electron chi connectivity index (χ1n) is 7.98. The summed E-state index contributed by atoms with van der Waals surface area (Å²) in [7, 11) is 0. The lowest BCUT2D eigenvalue weighted by Gasteiger charge is -2.34. The number of hydrogen-bond donors (Lipinski definition) is 2. The highest BCUT2D eigenvalue weighted by molar-refractivity contribution is 5.97. The first-order chi connectivity index (χ1) is 10.2. The van der Waals surface area contributed by atoms with Crippen molar-refractivity contribution in [3.8, 4) is 5.75 Å². The van der Waals surface area contributed by atoms with E-state index in [0.717, 1.165) is 50.9 Å². The Morgan fingerprint density at radius 2 is 2.05 bits per heavy atom. The van der Waals surface area contributed by atoms with Crippen LogP contribution >= 0.6 is 0 Å². The largest absolute Gasteiger partial charge is 0.507 e. The van der Waals surface area contributed by atoms with Gasteiger partial charge in [0.1, 0.15) is 5.75 Å². The summed E-state index contributed by atoms with van der Waals surface area (Å²) in [5.41, 5.74) is 1.46. The number of benzene rings is 1. The van der Waals surface area contributed by atoms with Crippen LogP contribution in [-0.2, 0) is 0 Å². The van der Waals surface area contributed by atoms with Gasteiger partial charge >= 0.3 is 0 Å². The van der Waals surface area contributed by atoms with Crippen molar-refractivity contribution in [3.63, 3.8) is 0 Å². The van der Waals surface area contributed by atoms with Crippen LogP contribution in [-0.4, -0.2) is 41.6 Å². The van der Waals surface area contributed by atoms with E-state index in [1.54, 1.807) is 12.1 Å². The van der Waals surface area contributed by atoms with Gasteiger partial charge in [-0.3, -0.25) is 4.79 Å². The molecule has 0 radical (unpaired) electrons. The molecule has 2 N–H and O–H groups in total. The third-order valence-electron chi connectivity index (χ3n) is 4.87. The second-order valence-electron chi connectivity index (χ2n) is 6.32. The Kier molecular flexibility index (Phi) is 4.15. The van der Waals surface area contributed by atoms with Crippen molar-refractivity contribution in [1.82, 2.24) is 10.2 Å². The molecule has 2 saturated heterocycles. The molecule has 0 aromatic heterocycles. The summed E-state index contributed by atoms with van der Waals surface area (Å²) in [4.78, 5) is 14.8. The van der Waals surface area contributed by atoms with Crippen LogP contribution in [0.25, 0.3) is 0 Å². The van der Waals surface area contributed by atoms with Gasteiger partial charge in [-0.1, -0.05) is 11.6 Å². The van der Waals surface area contributed by atoms with Gasteiger partial charge in [0.15, 0.2) is 0 Å². The molecule has 0 saturated carbocycles. The lowest BCUT2D eigenvalue weighted by molar-refractivity contribution is 0.0663. The number of phenolic OH excluding ortho intramolecular Hbond substituents is 1. The monoisotopic (exact) mass is 288 g/mol. The molecule has 1 aromatic rings. The van der Waals surface area contributed by atoms with E-state index < -0.39 is 0 Å². The Labute approximate surface area is 126 Å². The topological polar surface area (TPSA) is 52.6 Å². The Morgan fingerprint density at radius 1 is 1.29 bits per heavy atom. The van der Waals surface area contributed by atoms with E-state index in [9.17, 15) is 9.90 Å². The maximum absolute atomic E-state index is 12.8. The van der Waals surface area contributed by atoms with E-state index in [1.807, 2.05) is 17.9 Å². The third-order valence-corrected chi connectivity index (χ3v) is 4.87. The molecule has 1 atom stereocenters. The highest BCUT2D eigenvalue weighted by Crippen LogP contribution is 2.32. The van der Waals surface area contributed by atoms with Crippen molar-refractivity contribution < 1.29 is 9.90 Å². The van der Waals surface area contributed by atoms with Gasteiger partial charge in [0.05, 0.1) is 5.56 Å². The smallest absolute Gasteiger partial charge is 0.257 e. The zero-order valence-corrected chi connectivity index (χ0v) is 12.6. The Hall–Kier alpha value is -1.55. The number of piperidine rings is 1. The van der Waals surface area contributed by atoms with Crippen molar-refractivity contribution in [1.29, 1.82) is 0 Å². The first-order valence-corrected chi connectivity index (χ1v) is 7.98. The molecule has 114 valence electrons. The van der Waals surface area contributed by atoms with Crippen molar-refractivity contribution in [2.45, 2.75) is 38.6 Å². The number of nitrogens with one attached hydrogen (secondary N) is 1. The summed E-state index contributed by atoms with van der Waals surface area (Å²) in [5, 5.41) is 13.4. The fourth-order valence-corrected chi connectivity index (χ4v) is 3.74. The Morgan fingerprint density at radius 3 is 2.81 bits per heavy atom. The number of carbonyl (C=O) groups excluding carboxylic acids is 1. The lowest BCUT2D eigenvalue weighted by Crippen LogP contribution is -2.43. The van der Waals surface area contributed by atoms with E-state index in [2.05, 4.69) is 5.32 Å². The van der Waals surface area contributed by atoms with Gasteiger partial charge in [0, 0.05) is 12.6 Å². The molecular weight excluding hydrogens is 264 g/mol. The number of nitrogens with zero attached hydrogens (tertiary/aromatic N) is 1. The minimum atomic E-state index is -0.00256. The highest BCUT2D eigenvalue weighted by atomic mass is 16.3. The molecule has 2 aliphatic heterocycles. The molecule has 21 heavy (non-hydrogen) atoms. The predicted molar refractivity (Wildman–Crippen MR) is 82.5 cm³/mol. The van der Waals surface area contributed by atoms with Crippen LogP contribution in [0.4, 0.5) is 0 Å². The average molecular weight is 288 g/mol. The Bertz CT molecular complexity index is 524. The molecular formula is C17H24N2O2. The first kappa shape index (κ1) is 14.4. The third kappa shape index (κ3) is 2.91. The summed E-state index contributed by atoms with van der Waals surface area (Å²) < 4.78 is 0. The minimum Gasteiger partial charge on any atom is -0.507 e.